The second kappa shape index (κ2) is 5.09. The predicted molar refractivity (Wildman–Crippen MR) is 78.4 cm³/mol. The first-order chi connectivity index (χ1) is 10.1. The van der Waals surface area contributed by atoms with E-state index >= 15 is 0 Å². The van der Waals surface area contributed by atoms with E-state index in [0.717, 1.165) is 5.56 Å². The van der Waals surface area contributed by atoms with Crippen LogP contribution in [0.1, 0.15) is 0 Å². The summed E-state index contributed by atoms with van der Waals surface area (Å²) >= 11 is 0. The van der Waals surface area contributed by atoms with Crippen LogP contribution < -0.4 is 5.73 Å². The first kappa shape index (κ1) is 12.9. The van der Waals surface area contributed by atoms with Crippen LogP contribution in [-0.4, -0.2) is 25.2 Å². The number of nitrogens with zero attached hydrogens (tertiary/aromatic N) is 3. The Balaban J connectivity index is 2.14. The third-order valence-electron chi connectivity index (χ3n) is 2.85. The second-order valence-electron chi connectivity index (χ2n) is 4.44. The number of nitrogen functional groups attached to an aromatic ring is 1. The molecular formula is C15H12N4O2. The Morgan fingerprint density at radius 2 is 1.29 bits per heavy atom. The number of hydrogen-bond donors (Lipinski definition) is 3. The van der Waals surface area contributed by atoms with Crippen molar-refractivity contribution < 1.29 is 10.2 Å². The molecule has 0 bridgehead atoms. The Bertz CT molecular complexity index is 771. The predicted octanol–water partition coefficient (Wildman–Crippen LogP) is 2.20. The van der Waals surface area contributed by atoms with Crippen molar-refractivity contribution in [2.75, 3.05) is 5.73 Å². The molecule has 1 heterocycles. The van der Waals surface area contributed by atoms with Crippen LogP contribution in [0.4, 0.5) is 5.95 Å². The van der Waals surface area contributed by atoms with Gasteiger partial charge in [0.15, 0.2) is 11.6 Å². The van der Waals surface area contributed by atoms with E-state index in [0.29, 0.717) is 11.4 Å². The zero-order chi connectivity index (χ0) is 14.8. The minimum atomic E-state index is -0.0785. The van der Waals surface area contributed by atoms with Crippen LogP contribution >= 0.6 is 0 Å². The van der Waals surface area contributed by atoms with Gasteiger partial charge in [-0.3, -0.25) is 0 Å². The molecule has 0 unspecified atom stereocenters. The van der Waals surface area contributed by atoms with Crippen molar-refractivity contribution in [3.8, 4) is 34.3 Å². The van der Waals surface area contributed by atoms with Gasteiger partial charge in [-0.15, -0.1) is 0 Å². The molecule has 6 heteroatoms. The highest BCUT2D eigenvalue weighted by Gasteiger charge is 2.10. The van der Waals surface area contributed by atoms with E-state index in [1.807, 2.05) is 30.3 Å². The molecule has 0 radical (unpaired) electrons. The van der Waals surface area contributed by atoms with Crippen molar-refractivity contribution in [1.82, 2.24) is 15.0 Å². The third kappa shape index (κ3) is 2.74. The molecule has 0 saturated carbocycles. The summed E-state index contributed by atoms with van der Waals surface area (Å²) in [6.07, 6.45) is 0. The zero-order valence-electron chi connectivity index (χ0n) is 10.9. The van der Waals surface area contributed by atoms with E-state index in [2.05, 4.69) is 15.0 Å². The average Bonchev–Trinajstić information content (AvgIpc) is 2.46. The molecule has 0 amide bonds. The van der Waals surface area contributed by atoms with Gasteiger partial charge in [-0.05, 0) is 12.1 Å². The molecule has 4 N–H and O–H groups in total. The number of benzene rings is 2. The Morgan fingerprint density at radius 1 is 0.714 bits per heavy atom. The van der Waals surface area contributed by atoms with Gasteiger partial charge in [0.05, 0.1) is 0 Å². The Morgan fingerprint density at radius 3 is 1.90 bits per heavy atom. The SMILES string of the molecule is Nc1nc(-c2ccccc2)nc(-c2cc(O)cc(O)c2)n1. The second-order valence-corrected chi connectivity index (χ2v) is 4.44. The quantitative estimate of drug-likeness (QED) is 0.664. The van der Waals surface area contributed by atoms with Crippen molar-refractivity contribution in [2.45, 2.75) is 0 Å². The van der Waals surface area contributed by atoms with Crippen LogP contribution in [0, 0.1) is 0 Å². The fourth-order valence-corrected chi connectivity index (χ4v) is 1.96. The van der Waals surface area contributed by atoms with Crippen LogP contribution in [0.5, 0.6) is 11.5 Å². The van der Waals surface area contributed by atoms with Crippen molar-refractivity contribution in [1.29, 1.82) is 0 Å². The molecular weight excluding hydrogens is 268 g/mol. The zero-order valence-corrected chi connectivity index (χ0v) is 10.9. The molecule has 0 aliphatic carbocycles. The van der Waals surface area contributed by atoms with Gasteiger partial charge in [0.1, 0.15) is 11.5 Å². The lowest BCUT2D eigenvalue weighted by Gasteiger charge is -2.06. The van der Waals surface area contributed by atoms with Gasteiger partial charge in [-0.1, -0.05) is 30.3 Å². The molecule has 0 saturated heterocycles. The lowest BCUT2D eigenvalue weighted by molar-refractivity contribution is 0.451. The van der Waals surface area contributed by atoms with Gasteiger partial charge in [0.2, 0.25) is 5.95 Å². The number of phenols is 2. The molecule has 21 heavy (non-hydrogen) atoms. The Labute approximate surface area is 120 Å². The largest absolute Gasteiger partial charge is 0.508 e. The summed E-state index contributed by atoms with van der Waals surface area (Å²) in [7, 11) is 0. The minimum absolute atomic E-state index is 0.0710. The molecule has 3 aromatic rings. The van der Waals surface area contributed by atoms with Gasteiger partial charge >= 0.3 is 0 Å². The van der Waals surface area contributed by atoms with Crippen molar-refractivity contribution in [3.05, 3.63) is 48.5 Å². The van der Waals surface area contributed by atoms with E-state index < -0.39 is 0 Å². The number of anilines is 1. The van der Waals surface area contributed by atoms with Crippen LogP contribution in [-0.2, 0) is 0 Å². The number of hydrogen-bond acceptors (Lipinski definition) is 6. The molecule has 3 rings (SSSR count). The van der Waals surface area contributed by atoms with E-state index in [9.17, 15) is 10.2 Å². The lowest BCUT2D eigenvalue weighted by Crippen LogP contribution is -2.02. The first-order valence-electron chi connectivity index (χ1n) is 6.22. The molecule has 0 aliphatic heterocycles. The monoisotopic (exact) mass is 280 g/mol. The standard InChI is InChI=1S/C15H12N4O2/c16-15-18-13(9-4-2-1-3-5-9)17-14(19-15)10-6-11(20)8-12(21)7-10/h1-8,20-21H,(H2,16,17,18,19). The Kier molecular flexibility index (Phi) is 3.12. The maximum absolute atomic E-state index is 9.55. The number of rotatable bonds is 2. The smallest absolute Gasteiger partial charge is 0.224 e. The Hall–Kier alpha value is -3.15. The summed E-state index contributed by atoms with van der Waals surface area (Å²) in [5, 5.41) is 19.1. The van der Waals surface area contributed by atoms with Crippen molar-refractivity contribution in [3.63, 3.8) is 0 Å². The molecule has 1 aromatic heterocycles. The summed E-state index contributed by atoms with van der Waals surface area (Å²) in [6.45, 7) is 0. The molecule has 0 atom stereocenters. The summed E-state index contributed by atoms with van der Waals surface area (Å²) in [5.41, 5.74) is 6.98. The van der Waals surface area contributed by atoms with E-state index in [-0.39, 0.29) is 23.3 Å². The molecule has 2 aromatic carbocycles. The third-order valence-corrected chi connectivity index (χ3v) is 2.85. The fraction of sp³-hybridized carbons (Fsp3) is 0. The van der Waals surface area contributed by atoms with Crippen molar-refractivity contribution >= 4 is 5.95 Å². The topological polar surface area (TPSA) is 105 Å². The molecule has 104 valence electrons. The number of nitrogens with two attached hydrogens (primary N) is 1. The highest BCUT2D eigenvalue weighted by atomic mass is 16.3. The highest BCUT2D eigenvalue weighted by molar-refractivity contribution is 5.64. The normalized spacial score (nSPS) is 10.5. The van der Waals surface area contributed by atoms with Gasteiger partial charge in [0.25, 0.3) is 0 Å². The summed E-state index contributed by atoms with van der Waals surface area (Å²) in [6, 6.07) is 13.5. The van der Waals surface area contributed by atoms with Crippen LogP contribution in [0.3, 0.4) is 0 Å². The lowest BCUT2D eigenvalue weighted by atomic mass is 10.1. The highest BCUT2D eigenvalue weighted by Crippen LogP contribution is 2.27. The van der Waals surface area contributed by atoms with Gasteiger partial charge in [-0.25, -0.2) is 4.98 Å². The molecule has 0 spiro atoms. The first-order valence-corrected chi connectivity index (χ1v) is 6.22. The maximum Gasteiger partial charge on any atom is 0.224 e. The van der Waals surface area contributed by atoms with Crippen LogP contribution in [0.15, 0.2) is 48.5 Å². The molecule has 6 nitrogen and oxygen atoms in total. The van der Waals surface area contributed by atoms with Gasteiger partial charge < -0.3 is 15.9 Å². The molecule has 0 aliphatic rings. The summed E-state index contributed by atoms with van der Waals surface area (Å²) < 4.78 is 0. The fourth-order valence-electron chi connectivity index (χ4n) is 1.96. The van der Waals surface area contributed by atoms with E-state index in [1.165, 1.54) is 18.2 Å². The van der Waals surface area contributed by atoms with Crippen LogP contribution in [0.2, 0.25) is 0 Å². The van der Waals surface area contributed by atoms with Crippen molar-refractivity contribution in [2.24, 2.45) is 0 Å². The number of aromatic nitrogens is 3. The summed E-state index contributed by atoms with van der Waals surface area (Å²) in [4.78, 5) is 12.5. The van der Waals surface area contributed by atoms with E-state index in [1.54, 1.807) is 0 Å². The maximum atomic E-state index is 9.55. The molecule has 0 fully saturated rings. The minimum Gasteiger partial charge on any atom is -0.508 e. The number of aromatic hydroxyl groups is 2. The average molecular weight is 280 g/mol. The van der Waals surface area contributed by atoms with E-state index in [4.69, 9.17) is 5.73 Å². The van der Waals surface area contributed by atoms with Gasteiger partial charge in [0, 0.05) is 17.2 Å². The number of phenolic OH excluding ortho intramolecular Hbond substituents is 2. The summed E-state index contributed by atoms with van der Waals surface area (Å²) in [5.74, 6) is 0.630. The van der Waals surface area contributed by atoms with Gasteiger partial charge in [-0.2, -0.15) is 9.97 Å². The van der Waals surface area contributed by atoms with Crippen LogP contribution in [0.25, 0.3) is 22.8 Å².